The van der Waals surface area contributed by atoms with E-state index in [4.69, 9.17) is 0 Å². The number of carbonyl (C=O) groups is 1. The molecule has 1 amide bonds. The first-order valence-corrected chi connectivity index (χ1v) is 9.58. The van der Waals surface area contributed by atoms with Crippen LogP contribution in [0.25, 0.3) is 0 Å². The maximum Gasteiger partial charge on any atom is 0.241 e. The van der Waals surface area contributed by atoms with Crippen molar-refractivity contribution in [2.45, 2.75) is 12.6 Å². The molecule has 0 aliphatic carbocycles. The van der Waals surface area contributed by atoms with Crippen LogP contribution >= 0.6 is 0 Å². The summed E-state index contributed by atoms with van der Waals surface area (Å²) in [5, 5.41) is 10.3. The lowest BCUT2D eigenvalue weighted by Crippen LogP contribution is -2.48. The minimum atomic E-state index is -0.360. The van der Waals surface area contributed by atoms with Crippen molar-refractivity contribution in [1.29, 1.82) is 0 Å². The first-order valence-electron chi connectivity index (χ1n) is 9.58. The van der Waals surface area contributed by atoms with Crippen molar-refractivity contribution in [1.82, 2.24) is 30.2 Å². The molecular weight excluding hydrogens is 340 g/mol. The van der Waals surface area contributed by atoms with Crippen LogP contribution < -0.4 is 10.6 Å². The second kappa shape index (κ2) is 9.64. The van der Waals surface area contributed by atoms with Crippen LogP contribution in [0.5, 0.6) is 0 Å². The van der Waals surface area contributed by atoms with Gasteiger partial charge in [0.2, 0.25) is 5.91 Å². The van der Waals surface area contributed by atoms with Gasteiger partial charge in [0.15, 0.2) is 0 Å². The molecule has 0 bridgehead atoms. The molecule has 1 fully saturated rings. The molecule has 1 aromatic carbocycles. The van der Waals surface area contributed by atoms with Gasteiger partial charge >= 0.3 is 0 Å². The van der Waals surface area contributed by atoms with Crippen molar-refractivity contribution in [3.63, 3.8) is 0 Å². The molecule has 3 rings (SSSR count). The van der Waals surface area contributed by atoms with Crippen molar-refractivity contribution >= 4 is 5.91 Å². The number of piperazine rings is 1. The normalized spacial score (nSPS) is 17.0. The van der Waals surface area contributed by atoms with Crippen LogP contribution in [0.15, 0.2) is 42.7 Å². The third kappa shape index (κ3) is 5.63. The van der Waals surface area contributed by atoms with E-state index in [0.29, 0.717) is 6.54 Å². The van der Waals surface area contributed by atoms with E-state index in [0.717, 1.165) is 44.8 Å². The first-order chi connectivity index (χ1) is 13.2. The van der Waals surface area contributed by atoms with E-state index >= 15 is 0 Å². The van der Waals surface area contributed by atoms with E-state index in [1.807, 2.05) is 13.2 Å². The maximum atomic E-state index is 12.4. The third-order valence-corrected chi connectivity index (χ3v) is 5.05. The highest BCUT2D eigenvalue weighted by Gasteiger charge is 2.21. The molecule has 7 heteroatoms. The van der Waals surface area contributed by atoms with Gasteiger partial charge in [-0.25, -0.2) is 0 Å². The summed E-state index contributed by atoms with van der Waals surface area (Å²) in [4.78, 5) is 17.4. The molecule has 1 aliphatic heterocycles. The van der Waals surface area contributed by atoms with E-state index < -0.39 is 0 Å². The molecule has 7 nitrogen and oxygen atoms in total. The fraction of sp³-hybridized carbons (Fsp3) is 0.500. The lowest BCUT2D eigenvalue weighted by molar-refractivity contribution is -0.123. The van der Waals surface area contributed by atoms with Crippen molar-refractivity contribution in [3.05, 3.63) is 53.9 Å². The number of hydrogen-bond donors (Lipinski definition) is 2. The molecule has 2 N–H and O–H groups in total. The fourth-order valence-corrected chi connectivity index (χ4v) is 3.49. The van der Waals surface area contributed by atoms with Crippen molar-refractivity contribution in [2.24, 2.45) is 7.05 Å². The predicted molar refractivity (Wildman–Crippen MR) is 106 cm³/mol. The Hall–Kier alpha value is -2.22. The Morgan fingerprint density at radius 3 is 2.48 bits per heavy atom. The predicted octanol–water partition coefficient (Wildman–Crippen LogP) is 0.615. The summed E-state index contributed by atoms with van der Waals surface area (Å²) in [7, 11) is 3.65. The molecular formula is C20H30N6O. The largest absolute Gasteiger partial charge is 0.353 e. The Kier molecular flexibility index (Phi) is 6.98. The first kappa shape index (κ1) is 19.5. The standard InChI is InChI=1S/C20H30N6O/c1-21-19(18-14-23-24(2)16-18)20(27)22-8-9-25-10-12-26(13-11-25)15-17-6-4-3-5-7-17/h3-7,14,16,19,21H,8-13,15H2,1-2H3,(H,22,27). The van der Waals surface area contributed by atoms with Gasteiger partial charge in [0.1, 0.15) is 6.04 Å². The molecule has 146 valence electrons. The van der Waals surface area contributed by atoms with Crippen molar-refractivity contribution < 1.29 is 4.79 Å². The highest BCUT2D eigenvalue weighted by atomic mass is 16.2. The number of rotatable bonds is 8. The number of nitrogens with zero attached hydrogens (tertiary/aromatic N) is 4. The van der Waals surface area contributed by atoms with Gasteiger partial charge in [0, 0.05) is 64.6 Å². The zero-order chi connectivity index (χ0) is 19.1. The van der Waals surface area contributed by atoms with Crippen LogP contribution in [0, 0.1) is 0 Å². The fourth-order valence-electron chi connectivity index (χ4n) is 3.49. The number of hydrogen-bond acceptors (Lipinski definition) is 5. The second-order valence-corrected chi connectivity index (χ2v) is 7.06. The highest BCUT2D eigenvalue weighted by Crippen LogP contribution is 2.11. The molecule has 2 aromatic rings. The zero-order valence-corrected chi connectivity index (χ0v) is 16.3. The zero-order valence-electron chi connectivity index (χ0n) is 16.3. The molecule has 0 radical (unpaired) electrons. The number of likely N-dealkylation sites (N-methyl/N-ethyl adjacent to an activating group) is 1. The van der Waals surface area contributed by atoms with E-state index in [9.17, 15) is 4.79 Å². The van der Waals surface area contributed by atoms with Crippen molar-refractivity contribution in [3.8, 4) is 0 Å². The van der Waals surface area contributed by atoms with Crippen LogP contribution in [0.2, 0.25) is 0 Å². The van der Waals surface area contributed by atoms with Crippen LogP contribution in [0.4, 0.5) is 0 Å². The van der Waals surface area contributed by atoms with Crippen molar-refractivity contribution in [2.75, 3.05) is 46.3 Å². The Morgan fingerprint density at radius 1 is 1.15 bits per heavy atom. The average Bonchev–Trinajstić information content (AvgIpc) is 3.10. The molecule has 27 heavy (non-hydrogen) atoms. The van der Waals surface area contributed by atoms with E-state index in [1.54, 1.807) is 17.9 Å². The molecule has 1 atom stereocenters. The topological polar surface area (TPSA) is 65.4 Å². The number of amides is 1. The smallest absolute Gasteiger partial charge is 0.241 e. The summed E-state index contributed by atoms with van der Waals surface area (Å²) >= 11 is 0. The quantitative estimate of drug-likeness (QED) is 0.713. The number of benzene rings is 1. The molecule has 0 spiro atoms. The van der Waals surface area contributed by atoms with Gasteiger partial charge in [0.25, 0.3) is 0 Å². The maximum absolute atomic E-state index is 12.4. The molecule has 0 saturated carbocycles. The number of nitrogens with one attached hydrogen (secondary N) is 2. The van der Waals surface area contributed by atoms with Crippen LogP contribution in [0.3, 0.4) is 0 Å². The van der Waals surface area contributed by atoms with E-state index in [2.05, 4.69) is 55.9 Å². The summed E-state index contributed by atoms with van der Waals surface area (Å²) in [6.07, 6.45) is 3.60. The monoisotopic (exact) mass is 370 g/mol. The van der Waals surface area contributed by atoms with Gasteiger partial charge in [-0.1, -0.05) is 30.3 Å². The van der Waals surface area contributed by atoms with E-state index in [1.165, 1.54) is 5.56 Å². The molecule has 1 aromatic heterocycles. The lowest BCUT2D eigenvalue weighted by atomic mass is 10.1. The molecule has 2 heterocycles. The van der Waals surface area contributed by atoms with Gasteiger partial charge < -0.3 is 10.6 Å². The highest BCUT2D eigenvalue weighted by molar-refractivity contribution is 5.83. The van der Waals surface area contributed by atoms with Gasteiger partial charge in [-0.15, -0.1) is 0 Å². The summed E-state index contributed by atoms with van der Waals surface area (Å²) < 4.78 is 1.71. The Morgan fingerprint density at radius 2 is 1.85 bits per heavy atom. The third-order valence-electron chi connectivity index (χ3n) is 5.05. The SMILES string of the molecule is CNC(C(=O)NCCN1CCN(Cc2ccccc2)CC1)c1cnn(C)c1. The number of aromatic nitrogens is 2. The number of carbonyl (C=O) groups excluding carboxylic acids is 1. The summed E-state index contributed by atoms with van der Waals surface area (Å²) in [6.45, 7) is 6.78. The minimum Gasteiger partial charge on any atom is -0.353 e. The molecule has 1 unspecified atom stereocenters. The molecule has 1 saturated heterocycles. The lowest BCUT2D eigenvalue weighted by Gasteiger charge is -2.34. The van der Waals surface area contributed by atoms with Crippen LogP contribution in [-0.2, 0) is 18.4 Å². The number of aryl methyl sites for hydroxylation is 1. The van der Waals surface area contributed by atoms with Gasteiger partial charge in [-0.2, -0.15) is 5.10 Å². The summed E-state index contributed by atoms with van der Waals surface area (Å²) in [5.41, 5.74) is 2.25. The van der Waals surface area contributed by atoms with Gasteiger partial charge in [-0.3, -0.25) is 19.3 Å². The van der Waals surface area contributed by atoms with E-state index in [-0.39, 0.29) is 11.9 Å². The van der Waals surface area contributed by atoms with Gasteiger partial charge in [0.05, 0.1) is 6.20 Å². The van der Waals surface area contributed by atoms with Gasteiger partial charge in [-0.05, 0) is 12.6 Å². The minimum absolute atomic E-state index is 0.00628. The summed E-state index contributed by atoms with van der Waals surface area (Å²) in [5.74, 6) is -0.00628. The average molecular weight is 371 g/mol. The van der Waals surface area contributed by atoms with Crippen LogP contribution in [-0.4, -0.2) is 71.8 Å². The summed E-state index contributed by atoms with van der Waals surface area (Å²) in [6, 6.07) is 10.3. The van der Waals surface area contributed by atoms with Crippen LogP contribution in [0.1, 0.15) is 17.2 Å². The second-order valence-electron chi connectivity index (χ2n) is 7.06. The Labute approximate surface area is 161 Å². The molecule has 1 aliphatic rings. The Balaban J connectivity index is 1.37. The Bertz CT molecular complexity index is 708.